The van der Waals surface area contributed by atoms with Crippen molar-refractivity contribution in [2.24, 2.45) is 5.73 Å². The molecule has 3 N–H and O–H groups in total. The topological polar surface area (TPSA) is 80.4 Å². The van der Waals surface area contributed by atoms with Crippen LogP contribution in [0.1, 0.15) is 11.6 Å². The van der Waals surface area contributed by atoms with Crippen LogP contribution in [-0.2, 0) is 9.84 Å². The van der Waals surface area contributed by atoms with Crippen LogP contribution in [0.3, 0.4) is 0 Å². The Morgan fingerprint density at radius 1 is 1.53 bits per heavy atom. The molecule has 1 rings (SSSR count). The summed E-state index contributed by atoms with van der Waals surface area (Å²) in [6.45, 7) is -0.184. The minimum Gasteiger partial charge on any atom is -0.394 e. The van der Waals surface area contributed by atoms with Gasteiger partial charge < -0.3 is 10.8 Å². The largest absolute Gasteiger partial charge is 0.394 e. The summed E-state index contributed by atoms with van der Waals surface area (Å²) in [5.41, 5.74) is 6.31. The zero-order valence-electron chi connectivity index (χ0n) is 8.14. The van der Waals surface area contributed by atoms with Crippen LogP contribution >= 0.6 is 15.9 Å². The zero-order chi connectivity index (χ0) is 11.6. The molecule has 0 heterocycles. The van der Waals surface area contributed by atoms with E-state index in [0.717, 1.165) is 6.26 Å². The molecule has 0 aliphatic rings. The monoisotopic (exact) mass is 293 g/mol. The van der Waals surface area contributed by atoms with Crippen molar-refractivity contribution in [3.8, 4) is 0 Å². The first kappa shape index (κ1) is 12.6. The number of rotatable bonds is 3. The van der Waals surface area contributed by atoms with Crippen LogP contribution in [0.25, 0.3) is 0 Å². The third-order valence-corrected chi connectivity index (χ3v) is 3.79. The summed E-state index contributed by atoms with van der Waals surface area (Å²) in [7, 11) is -3.21. The van der Waals surface area contributed by atoms with Gasteiger partial charge in [-0.2, -0.15) is 0 Å². The summed E-state index contributed by atoms with van der Waals surface area (Å²) in [6.07, 6.45) is 1.14. The second-order valence-corrected chi connectivity index (χ2v) is 6.11. The van der Waals surface area contributed by atoms with Crippen molar-refractivity contribution in [1.82, 2.24) is 0 Å². The van der Waals surface area contributed by atoms with Crippen LogP contribution in [-0.4, -0.2) is 26.4 Å². The lowest BCUT2D eigenvalue weighted by atomic mass is 10.1. The molecule has 0 bridgehead atoms. The van der Waals surface area contributed by atoms with E-state index in [4.69, 9.17) is 10.8 Å². The highest BCUT2D eigenvalue weighted by Gasteiger charge is 2.13. The van der Waals surface area contributed by atoms with Crippen molar-refractivity contribution in [2.45, 2.75) is 10.9 Å². The highest BCUT2D eigenvalue weighted by molar-refractivity contribution is 9.10. The van der Waals surface area contributed by atoms with Crippen LogP contribution in [0.15, 0.2) is 27.6 Å². The van der Waals surface area contributed by atoms with Crippen LogP contribution < -0.4 is 5.73 Å². The normalized spacial score (nSPS) is 13.9. The second kappa shape index (κ2) is 4.61. The summed E-state index contributed by atoms with van der Waals surface area (Å²) in [6, 6.07) is 4.06. The maximum absolute atomic E-state index is 11.2. The number of hydrogen-bond donors (Lipinski definition) is 2. The van der Waals surface area contributed by atoms with Crippen molar-refractivity contribution in [3.63, 3.8) is 0 Å². The van der Waals surface area contributed by atoms with E-state index in [-0.39, 0.29) is 11.5 Å². The Morgan fingerprint density at radius 3 is 2.53 bits per heavy atom. The summed E-state index contributed by atoms with van der Waals surface area (Å²) < 4.78 is 23.1. The molecule has 0 fully saturated rings. The number of aliphatic hydroxyl groups is 1. The molecule has 0 saturated heterocycles. The highest BCUT2D eigenvalue weighted by Crippen LogP contribution is 2.25. The quantitative estimate of drug-likeness (QED) is 0.866. The minimum absolute atomic E-state index is 0.184. The summed E-state index contributed by atoms with van der Waals surface area (Å²) in [5.74, 6) is 0. The number of halogens is 1. The molecule has 15 heavy (non-hydrogen) atoms. The molecule has 1 atom stereocenters. The van der Waals surface area contributed by atoms with Crippen LogP contribution in [0.4, 0.5) is 0 Å². The van der Waals surface area contributed by atoms with E-state index in [9.17, 15) is 8.42 Å². The molecule has 84 valence electrons. The predicted octanol–water partition coefficient (Wildman–Crippen LogP) is 0.845. The molecular weight excluding hydrogens is 282 g/mol. The van der Waals surface area contributed by atoms with Crippen molar-refractivity contribution in [1.29, 1.82) is 0 Å². The molecule has 0 spiro atoms. The Kier molecular flexibility index (Phi) is 3.88. The molecule has 1 aromatic carbocycles. The first-order valence-corrected chi connectivity index (χ1v) is 6.90. The van der Waals surface area contributed by atoms with Gasteiger partial charge in [-0.15, -0.1) is 0 Å². The second-order valence-electron chi connectivity index (χ2n) is 3.24. The van der Waals surface area contributed by atoms with Gasteiger partial charge in [0, 0.05) is 10.7 Å². The van der Waals surface area contributed by atoms with Crippen LogP contribution in [0.2, 0.25) is 0 Å². The molecule has 0 saturated carbocycles. The number of aliphatic hydroxyl groups excluding tert-OH is 1. The molecular formula is C9H12BrNO3S. The maximum Gasteiger partial charge on any atom is 0.175 e. The Morgan fingerprint density at radius 2 is 2.13 bits per heavy atom. The van der Waals surface area contributed by atoms with Crippen molar-refractivity contribution in [3.05, 3.63) is 28.2 Å². The van der Waals surface area contributed by atoms with E-state index in [1.807, 2.05) is 0 Å². The van der Waals surface area contributed by atoms with Crippen molar-refractivity contribution < 1.29 is 13.5 Å². The van der Waals surface area contributed by atoms with Gasteiger partial charge in [-0.3, -0.25) is 0 Å². The van der Waals surface area contributed by atoms with Gasteiger partial charge in [0.2, 0.25) is 0 Å². The molecule has 0 radical (unpaired) electrons. The number of hydrogen-bond acceptors (Lipinski definition) is 4. The average Bonchev–Trinajstić information content (AvgIpc) is 2.15. The van der Waals surface area contributed by atoms with Gasteiger partial charge in [0.25, 0.3) is 0 Å². The van der Waals surface area contributed by atoms with Gasteiger partial charge in [0.1, 0.15) is 0 Å². The van der Waals surface area contributed by atoms with Gasteiger partial charge >= 0.3 is 0 Å². The minimum atomic E-state index is -3.21. The van der Waals surface area contributed by atoms with E-state index >= 15 is 0 Å². The number of benzene rings is 1. The lowest BCUT2D eigenvalue weighted by molar-refractivity contribution is 0.267. The Bertz CT molecular complexity index is 458. The van der Waals surface area contributed by atoms with Crippen molar-refractivity contribution in [2.75, 3.05) is 12.9 Å². The van der Waals surface area contributed by atoms with E-state index < -0.39 is 15.9 Å². The summed E-state index contributed by atoms with van der Waals surface area (Å²) >= 11 is 3.23. The van der Waals surface area contributed by atoms with Gasteiger partial charge in [-0.05, 0) is 17.7 Å². The third kappa shape index (κ3) is 3.01. The van der Waals surface area contributed by atoms with E-state index in [2.05, 4.69) is 15.9 Å². The fourth-order valence-corrected chi connectivity index (χ4v) is 2.61. The van der Waals surface area contributed by atoms with Gasteiger partial charge in [0.05, 0.1) is 17.5 Å². The van der Waals surface area contributed by atoms with Gasteiger partial charge in [-0.1, -0.05) is 22.0 Å². The first-order valence-electron chi connectivity index (χ1n) is 4.22. The van der Waals surface area contributed by atoms with Crippen LogP contribution in [0, 0.1) is 0 Å². The van der Waals surface area contributed by atoms with Gasteiger partial charge in [0.15, 0.2) is 9.84 Å². The zero-order valence-corrected chi connectivity index (χ0v) is 10.5. The van der Waals surface area contributed by atoms with Crippen LogP contribution in [0.5, 0.6) is 0 Å². The molecule has 0 aliphatic carbocycles. The molecule has 6 heteroatoms. The fraction of sp³-hybridized carbons (Fsp3) is 0.333. The van der Waals surface area contributed by atoms with E-state index in [1.54, 1.807) is 6.07 Å². The molecule has 0 amide bonds. The average molecular weight is 294 g/mol. The fourth-order valence-electron chi connectivity index (χ4n) is 1.14. The number of sulfone groups is 1. The summed E-state index contributed by atoms with van der Waals surface area (Å²) in [5, 5.41) is 8.88. The molecule has 4 nitrogen and oxygen atoms in total. The lowest BCUT2D eigenvalue weighted by Crippen LogP contribution is -2.15. The van der Waals surface area contributed by atoms with Crippen molar-refractivity contribution >= 4 is 25.8 Å². The predicted molar refractivity (Wildman–Crippen MR) is 61.3 cm³/mol. The Labute approximate surface area is 97.2 Å². The van der Waals surface area contributed by atoms with E-state index in [0.29, 0.717) is 10.0 Å². The summed E-state index contributed by atoms with van der Waals surface area (Å²) in [4.78, 5) is 0.225. The third-order valence-electron chi connectivity index (χ3n) is 2.00. The first-order chi connectivity index (χ1) is 6.86. The van der Waals surface area contributed by atoms with E-state index in [1.165, 1.54) is 12.1 Å². The number of nitrogens with two attached hydrogens (primary N) is 1. The molecule has 0 aliphatic heterocycles. The molecule has 0 aromatic heterocycles. The molecule has 1 aromatic rings. The maximum atomic E-state index is 11.2. The Hall–Kier alpha value is -0.430. The SMILES string of the molecule is CS(=O)(=O)c1ccc([C@@H](N)CO)c(Br)c1. The standard InChI is InChI=1S/C9H12BrNO3S/c1-15(13,14)6-2-3-7(8(10)4-6)9(11)5-12/h2-4,9,12H,5,11H2,1H3/t9-/m0/s1. The molecule has 0 unspecified atom stereocenters. The Balaban J connectivity index is 3.20. The highest BCUT2D eigenvalue weighted by atomic mass is 79.9. The van der Waals surface area contributed by atoms with Gasteiger partial charge in [-0.25, -0.2) is 8.42 Å². The lowest BCUT2D eigenvalue weighted by Gasteiger charge is -2.11. The smallest absolute Gasteiger partial charge is 0.175 e.